The number of carbonyl (C=O) groups is 1. The van der Waals surface area contributed by atoms with Crippen molar-refractivity contribution >= 4 is 34.0 Å². The van der Waals surface area contributed by atoms with E-state index in [9.17, 15) is 4.79 Å². The third-order valence-electron chi connectivity index (χ3n) is 2.37. The number of thiazole rings is 1. The second-order valence-electron chi connectivity index (χ2n) is 3.92. The van der Waals surface area contributed by atoms with Crippen LogP contribution in [0.2, 0.25) is 5.02 Å². The third-order valence-corrected chi connectivity index (χ3v) is 3.53. The van der Waals surface area contributed by atoms with Crippen LogP contribution in [0.3, 0.4) is 0 Å². The number of aromatic nitrogens is 1. The van der Waals surface area contributed by atoms with E-state index < -0.39 is 0 Å². The van der Waals surface area contributed by atoms with Gasteiger partial charge in [-0.15, -0.1) is 11.3 Å². The molecule has 19 heavy (non-hydrogen) atoms. The lowest BCUT2D eigenvalue weighted by Gasteiger charge is -1.99. The first-order chi connectivity index (χ1) is 9.17. The number of methoxy groups -OCH3 is 1. The summed E-state index contributed by atoms with van der Waals surface area (Å²) in [5.74, 6) is -0.199. The van der Waals surface area contributed by atoms with Crippen molar-refractivity contribution in [3.05, 3.63) is 45.9 Å². The molecule has 0 unspecified atom stereocenters. The fourth-order valence-corrected chi connectivity index (χ4v) is 2.53. The Morgan fingerprint density at radius 3 is 2.84 bits per heavy atom. The van der Waals surface area contributed by atoms with Crippen molar-refractivity contribution in [3.8, 4) is 0 Å². The van der Waals surface area contributed by atoms with Gasteiger partial charge in [0.1, 0.15) is 6.61 Å². The molecule has 100 valence electrons. The lowest BCUT2D eigenvalue weighted by Crippen LogP contribution is -2.16. The first-order valence-electron chi connectivity index (χ1n) is 5.65. The van der Waals surface area contributed by atoms with Crippen LogP contribution in [0.1, 0.15) is 10.4 Å². The summed E-state index contributed by atoms with van der Waals surface area (Å²) in [7, 11) is 1.48. The number of halogens is 1. The van der Waals surface area contributed by atoms with Gasteiger partial charge >= 0.3 is 0 Å². The minimum Gasteiger partial charge on any atom is -0.375 e. The second kappa shape index (κ2) is 6.65. The summed E-state index contributed by atoms with van der Waals surface area (Å²) in [6, 6.07) is 7.68. The van der Waals surface area contributed by atoms with E-state index in [-0.39, 0.29) is 12.5 Å². The Kier molecular flexibility index (Phi) is 4.90. The summed E-state index contributed by atoms with van der Waals surface area (Å²) >= 11 is 7.29. The molecule has 1 amide bonds. The van der Waals surface area contributed by atoms with E-state index >= 15 is 0 Å². The predicted octanol–water partition coefficient (Wildman–Crippen LogP) is 2.97. The van der Waals surface area contributed by atoms with Crippen LogP contribution in [0.4, 0.5) is 5.13 Å². The normalized spacial score (nSPS) is 10.4. The monoisotopic (exact) mass is 296 g/mol. The van der Waals surface area contributed by atoms with Gasteiger partial charge in [-0.1, -0.05) is 23.7 Å². The molecule has 1 aromatic heterocycles. The number of hydrogen-bond donors (Lipinski definition) is 1. The molecule has 0 aliphatic carbocycles. The Hall–Kier alpha value is -1.43. The van der Waals surface area contributed by atoms with Crippen molar-refractivity contribution in [3.63, 3.8) is 0 Å². The van der Waals surface area contributed by atoms with E-state index in [0.717, 1.165) is 21.9 Å². The summed E-state index contributed by atoms with van der Waals surface area (Å²) in [6.07, 6.45) is 2.54. The van der Waals surface area contributed by atoms with Crippen LogP contribution >= 0.6 is 22.9 Å². The van der Waals surface area contributed by atoms with Crippen LogP contribution < -0.4 is 5.32 Å². The molecular weight excluding hydrogens is 284 g/mol. The van der Waals surface area contributed by atoms with Gasteiger partial charge in [0.05, 0.1) is 0 Å². The van der Waals surface area contributed by atoms with Gasteiger partial charge in [-0.05, 0) is 17.7 Å². The number of nitrogens with one attached hydrogen (secondary N) is 1. The quantitative estimate of drug-likeness (QED) is 0.923. The summed E-state index contributed by atoms with van der Waals surface area (Å²) < 4.78 is 4.74. The molecule has 1 heterocycles. The van der Waals surface area contributed by atoms with Crippen LogP contribution in [0.25, 0.3) is 0 Å². The lowest BCUT2D eigenvalue weighted by molar-refractivity contribution is -0.119. The van der Waals surface area contributed by atoms with Crippen LogP contribution in [0, 0.1) is 0 Å². The van der Waals surface area contributed by atoms with Crippen LogP contribution in [0.15, 0.2) is 30.5 Å². The van der Waals surface area contributed by atoms with Gasteiger partial charge in [-0.3, -0.25) is 10.1 Å². The maximum absolute atomic E-state index is 11.3. The SMILES string of the molecule is COCC(=O)Nc1ncc(Cc2ccc(Cl)cc2)s1. The van der Waals surface area contributed by atoms with Crippen molar-refractivity contribution < 1.29 is 9.53 Å². The summed E-state index contributed by atoms with van der Waals surface area (Å²) in [5, 5.41) is 3.99. The number of anilines is 1. The largest absolute Gasteiger partial charge is 0.375 e. The summed E-state index contributed by atoms with van der Waals surface area (Å²) in [6.45, 7) is 0.0338. The highest BCUT2D eigenvalue weighted by Gasteiger charge is 2.06. The highest BCUT2D eigenvalue weighted by Crippen LogP contribution is 2.21. The zero-order chi connectivity index (χ0) is 13.7. The molecule has 0 fully saturated rings. The molecule has 0 bridgehead atoms. The number of ether oxygens (including phenoxy) is 1. The third kappa shape index (κ3) is 4.31. The summed E-state index contributed by atoms with van der Waals surface area (Å²) in [5.41, 5.74) is 1.16. The molecule has 1 aromatic carbocycles. The van der Waals surface area contributed by atoms with Gasteiger partial charge in [-0.25, -0.2) is 4.98 Å². The second-order valence-corrected chi connectivity index (χ2v) is 5.47. The van der Waals surface area contributed by atoms with E-state index in [0.29, 0.717) is 5.13 Å². The van der Waals surface area contributed by atoms with Gasteiger partial charge in [-0.2, -0.15) is 0 Å². The number of nitrogens with zero attached hydrogens (tertiary/aromatic N) is 1. The molecule has 0 aliphatic heterocycles. The molecule has 2 rings (SSSR count). The lowest BCUT2D eigenvalue weighted by atomic mass is 10.1. The van der Waals surface area contributed by atoms with E-state index in [4.69, 9.17) is 16.3 Å². The molecule has 2 aromatic rings. The average Bonchev–Trinajstić information content (AvgIpc) is 2.80. The van der Waals surface area contributed by atoms with Crippen molar-refractivity contribution in [1.82, 2.24) is 4.98 Å². The molecule has 0 radical (unpaired) electrons. The number of rotatable bonds is 5. The van der Waals surface area contributed by atoms with Crippen LogP contribution in [-0.2, 0) is 16.0 Å². The highest BCUT2D eigenvalue weighted by molar-refractivity contribution is 7.15. The molecular formula is C13H13ClN2O2S. The Balaban J connectivity index is 1.97. The fourth-order valence-electron chi connectivity index (χ4n) is 1.54. The Morgan fingerprint density at radius 1 is 1.42 bits per heavy atom. The molecule has 0 saturated carbocycles. The average molecular weight is 297 g/mol. The fraction of sp³-hybridized carbons (Fsp3) is 0.231. The van der Waals surface area contributed by atoms with Crippen LogP contribution in [-0.4, -0.2) is 24.6 Å². The van der Waals surface area contributed by atoms with Crippen molar-refractivity contribution in [1.29, 1.82) is 0 Å². The van der Waals surface area contributed by atoms with Gasteiger partial charge in [0.15, 0.2) is 5.13 Å². The first kappa shape index (κ1) is 14.0. The topological polar surface area (TPSA) is 51.2 Å². The summed E-state index contributed by atoms with van der Waals surface area (Å²) in [4.78, 5) is 16.6. The maximum Gasteiger partial charge on any atom is 0.252 e. The van der Waals surface area contributed by atoms with E-state index in [1.165, 1.54) is 18.4 Å². The highest BCUT2D eigenvalue weighted by atomic mass is 35.5. The standard InChI is InChI=1S/C13H13ClN2O2S/c1-18-8-12(17)16-13-15-7-11(19-13)6-9-2-4-10(14)5-3-9/h2-5,7H,6,8H2,1H3,(H,15,16,17). The van der Waals surface area contributed by atoms with E-state index in [2.05, 4.69) is 10.3 Å². The molecule has 0 atom stereocenters. The smallest absolute Gasteiger partial charge is 0.252 e. The number of hydrogen-bond acceptors (Lipinski definition) is 4. The minimum absolute atomic E-state index is 0.0338. The van der Waals surface area contributed by atoms with Crippen molar-refractivity contribution in [2.24, 2.45) is 0 Å². The molecule has 4 nitrogen and oxygen atoms in total. The maximum atomic E-state index is 11.3. The van der Waals surface area contributed by atoms with E-state index in [1.54, 1.807) is 6.20 Å². The molecule has 0 aliphatic rings. The van der Waals surface area contributed by atoms with Crippen LogP contribution in [0.5, 0.6) is 0 Å². The number of carbonyl (C=O) groups excluding carboxylic acids is 1. The number of amides is 1. The van der Waals surface area contributed by atoms with Crippen molar-refractivity contribution in [2.45, 2.75) is 6.42 Å². The Labute approximate surface area is 120 Å². The Morgan fingerprint density at radius 2 is 2.16 bits per heavy atom. The Bertz CT molecular complexity index is 554. The molecule has 0 spiro atoms. The molecule has 0 saturated heterocycles. The van der Waals surface area contributed by atoms with Gasteiger partial charge in [0.25, 0.3) is 5.91 Å². The number of benzene rings is 1. The minimum atomic E-state index is -0.199. The van der Waals surface area contributed by atoms with Gasteiger partial charge in [0, 0.05) is 29.6 Å². The first-order valence-corrected chi connectivity index (χ1v) is 6.85. The molecule has 6 heteroatoms. The van der Waals surface area contributed by atoms with Crippen molar-refractivity contribution in [2.75, 3.05) is 19.0 Å². The van der Waals surface area contributed by atoms with E-state index in [1.807, 2.05) is 24.3 Å². The predicted molar refractivity (Wildman–Crippen MR) is 76.9 cm³/mol. The zero-order valence-electron chi connectivity index (χ0n) is 10.4. The molecule has 1 N–H and O–H groups in total. The van der Waals surface area contributed by atoms with Gasteiger partial charge < -0.3 is 4.74 Å². The van der Waals surface area contributed by atoms with Gasteiger partial charge in [0.2, 0.25) is 0 Å². The zero-order valence-corrected chi connectivity index (χ0v) is 11.9.